The zero-order chi connectivity index (χ0) is 40.9. The standard InChI is InChI=1S/C37H34NO.C15H28O2.Ir/c1-22(2)16-27-17-23(3)35(24(4)18-27)33-21-34(38-37-36(33)25(5)26(6)39-37)30-19-29-14-10-11-15-31(29)32(20-30)28-12-8-7-9-13-28;1-7-14(5,8-2)12(16)11-13(17)15(6,9-3)10-4;/h7-15,17-18,20-22H,16H2,1-6H3;11,16H,7-10H2,1-6H3;/q-1;;/b;12-11-;. The van der Waals surface area contributed by atoms with Crippen LogP contribution in [0, 0.1) is 50.5 Å². The van der Waals surface area contributed by atoms with Gasteiger partial charge in [-0.25, -0.2) is 0 Å². The summed E-state index contributed by atoms with van der Waals surface area (Å²) in [6, 6.07) is 31.9. The van der Waals surface area contributed by atoms with Crippen LogP contribution in [0.25, 0.3) is 55.4 Å². The van der Waals surface area contributed by atoms with Crippen LogP contribution in [0.15, 0.2) is 95.1 Å². The minimum Gasteiger partial charge on any atom is -0.512 e. The second kappa shape index (κ2) is 19.0. The Kier molecular flexibility index (Phi) is 15.1. The molecule has 0 saturated carbocycles. The van der Waals surface area contributed by atoms with E-state index in [-0.39, 0.29) is 42.5 Å². The maximum absolute atomic E-state index is 12.2. The molecule has 0 unspecified atom stereocenters. The summed E-state index contributed by atoms with van der Waals surface area (Å²) in [7, 11) is 0. The number of furan rings is 1. The molecule has 1 N–H and O–H groups in total. The number of aromatic nitrogens is 1. The van der Waals surface area contributed by atoms with Crippen molar-refractivity contribution in [3.05, 3.63) is 125 Å². The molecular formula is C52H62IrNO3-. The van der Waals surface area contributed by atoms with Gasteiger partial charge >= 0.3 is 0 Å². The number of aliphatic hydroxyl groups excluding tert-OH is 1. The van der Waals surface area contributed by atoms with E-state index in [0.717, 1.165) is 65.5 Å². The molecule has 4 nitrogen and oxygen atoms in total. The number of pyridine rings is 1. The van der Waals surface area contributed by atoms with Crippen LogP contribution < -0.4 is 0 Å². The van der Waals surface area contributed by atoms with Crippen LogP contribution in [0.1, 0.15) is 109 Å². The topological polar surface area (TPSA) is 63.3 Å². The molecule has 4 aromatic carbocycles. The molecule has 303 valence electrons. The van der Waals surface area contributed by atoms with E-state index in [4.69, 9.17) is 9.40 Å². The number of benzene rings is 4. The van der Waals surface area contributed by atoms with Crippen molar-refractivity contribution in [2.75, 3.05) is 0 Å². The molecule has 6 aromatic rings. The summed E-state index contributed by atoms with van der Waals surface area (Å²) in [5.74, 6) is 1.82. The van der Waals surface area contributed by atoms with E-state index in [1.54, 1.807) is 0 Å². The van der Waals surface area contributed by atoms with E-state index < -0.39 is 0 Å². The summed E-state index contributed by atoms with van der Waals surface area (Å²) in [4.78, 5) is 17.3. The Morgan fingerprint density at radius 1 is 0.807 bits per heavy atom. The first kappa shape index (κ1) is 45.4. The molecule has 0 amide bonds. The molecule has 0 aliphatic heterocycles. The van der Waals surface area contributed by atoms with Gasteiger partial charge in [0.15, 0.2) is 5.78 Å². The Bertz CT molecular complexity index is 2330. The smallest absolute Gasteiger partial charge is 0.220 e. The van der Waals surface area contributed by atoms with Crippen molar-refractivity contribution in [2.45, 2.75) is 115 Å². The van der Waals surface area contributed by atoms with Crippen LogP contribution in [0.4, 0.5) is 0 Å². The molecule has 2 heterocycles. The Morgan fingerprint density at radius 2 is 1.39 bits per heavy atom. The molecule has 0 saturated heterocycles. The van der Waals surface area contributed by atoms with E-state index in [0.29, 0.717) is 11.6 Å². The predicted octanol–water partition coefficient (Wildman–Crippen LogP) is 14.9. The van der Waals surface area contributed by atoms with Gasteiger partial charge < -0.3 is 9.52 Å². The summed E-state index contributed by atoms with van der Waals surface area (Å²) in [6.45, 7) is 25.3. The fraction of sp³-hybridized carbons (Fsp3) is 0.385. The van der Waals surface area contributed by atoms with Gasteiger partial charge in [-0.3, -0.25) is 9.78 Å². The van der Waals surface area contributed by atoms with E-state index in [1.807, 2.05) is 48.5 Å². The van der Waals surface area contributed by atoms with Gasteiger partial charge in [-0.15, -0.1) is 23.6 Å². The van der Waals surface area contributed by atoms with Crippen LogP contribution in [-0.2, 0) is 31.3 Å². The maximum atomic E-state index is 12.2. The molecule has 2 aromatic heterocycles. The van der Waals surface area contributed by atoms with Gasteiger partial charge in [0.2, 0.25) is 5.71 Å². The third-order valence-corrected chi connectivity index (χ3v) is 12.4. The van der Waals surface area contributed by atoms with Crippen molar-refractivity contribution < 1.29 is 34.4 Å². The number of hydrogen-bond acceptors (Lipinski definition) is 4. The van der Waals surface area contributed by atoms with Gasteiger partial charge in [-0.05, 0) is 99.1 Å². The number of rotatable bonds is 12. The summed E-state index contributed by atoms with van der Waals surface area (Å²) >= 11 is 0. The molecule has 0 aliphatic rings. The van der Waals surface area contributed by atoms with E-state index >= 15 is 0 Å². The Hall–Kier alpha value is -4.31. The molecule has 0 fully saturated rings. The van der Waals surface area contributed by atoms with Crippen molar-refractivity contribution in [1.29, 1.82) is 0 Å². The molecule has 0 spiro atoms. The second-order valence-corrected chi connectivity index (χ2v) is 16.7. The first-order valence-corrected chi connectivity index (χ1v) is 20.6. The Labute approximate surface area is 355 Å². The molecule has 0 bridgehead atoms. The molecular weight excluding hydrogens is 879 g/mol. The molecule has 0 aliphatic carbocycles. The van der Waals surface area contributed by atoms with Crippen molar-refractivity contribution >= 4 is 27.7 Å². The minimum atomic E-state index is -0.337. The number of allylic oxidation sites excluding steroid dienone is 2. The fourth-order valence-corrected chi connectivity index (χ4v) is 7.67. The molecule has 5 heteroatoms. The van der Waals surface area contributed by atoms with Crippen molar-refractivity contribution in [3.63, 3.8) is 0 Å². The van der Waals surface area contributed by atoms with Gasteiger partial charge in [-0.1, -0.05) is 139 Å². The number of aliphatic hydroxyl groups is 1. The Balaban J connectivity index is 0.000000341. The third kappa shape index (κ3) is 9.70. The van der Waals surface area contributed by atoms with Gasteiger partial charge in [-0.2, -0.15) is 0 Å². The molecule has 57 heavy (non-hydrogen) atoms. The molecule has 6 rings (SSSR count). The largest absolute Gasteiger partial charge is 0.512 e. The van der Waals surface area contributed by atoms with Crippen LogP contribution in [0.5, 0.6) is 0 Å². The monoisotopic (exact) mass is 941 g/mol. The summed E-state index contributed by atoms with van der Waals surface area (Å²) in [5.41, 5.74) is 11.9. The normalized spacial score (nSPS) is 12.1. The van der Waals surface area contributed by atoms with Gasteiger partial charge in [0.1, 0.15) is 11.5 Å². The first-order chi connectivity index (χ1) is 26.6. The first-order valence-electron chi connectivity index (χ1n) is 20.6. The average molecular weight is 941 g/mol. The summed E-state index contributed by atoms with van der Waals surface area (Å²) in [5, 5.41) is 13.5. The average Bonchev–Trinajstić information content (AvgIpc) is 3.48. The number of nitrogens with zero attached hydrogens (tertiary/aromatic N) is 1. The fourth-order valence-electron chi connectivity index (χ4n) is 7.67. The number of carbonyl (C=O) groups excluding carboxylic acids is 1. The van der Waals surface area contributed by atoms with Crippen molar-refractivity contribution in [3.8, 4) is 33.5 Å². The maximum Gasteiger partial charge on any atom is 0.220 e. The van der Waals surface area contributed by atoms with Crippen LogP contribution in [-0.4, -0.2) is 15.9 Å². The number of aryl methyl sites for hydroxylation is 4. The van der Waals surface area contributed by atoms with E-state index in [9.17, 15) is 9.90 Å². The van der Waals surface area contributed by atoms with Crippen LogP contribution in [0.2, 0.25) is 0 Å². The van der Waals surface area contributed by atoms with E-state index in [1.165, 1.54) is 50.4 Å². The second-order valence-electron chi connectivity index (χ2n) is 16.7. The molecule has 1 radical (unpaired) electrons. The van der Waals surface area contributed by atoms with Crippen LogP contribution in [0.3, 0.4) is 0 Å². The summed E-state index contributed by atoms with van der Waals surface area (Å²) < 4.78 is 6.26. The van der Waals surface area contributed by atoms with Crippen LogP contribution >= 0.6 is 0 Å². The number of hydrogen-bond donors (Lipinski definition) is 1. The van der Waals surface area contributed by atoms with E-state index in [2.05, 4.69) is 120 Å². The van der Waals surface area contributed by atoms with Crippen molar-refractivity contribution in [1.82, 2.24) is 4.98 Å². The van der Waals surface area contributed by atoms with Crippen molar-refractivity contribution in [2.24, 2.45) is 16.7 Å². The number of carbonyl (C=O) groups is 1. The third-order valence-electron chi connectivity index (χ3n) is 12.4. The molecule has 0 atom stereocenters. The minimum absolute atomic E-state index is 0. The zero-order valence-electron chi connectivity index (χ0n) is 36.2. The predicted molar refractivity (Wildman–Crippen MR) is 237 cm³/mol. The Morgan fingerprint density at radius 3 is 1.96 bits per heavy atom. The SMILES string of the molecule is CCC(C)(CC)C(=O)/C=C(\O)C(C)(CC)CC.Cc1cc(CC(C)C)cc(C)c1-c1cc(-c2[c-]c3ccccc3c(-c3ccccc3)c2)nc2oc(C)c(C)c12.[Ir]. The zero-order valence-corrected chi connectivity index (χ0v) is 38.6. The summed E-state index contributed by atoms with van der Waals surface area (Å²) in [6.07, 6.45) is 5.83. The van der Waals surface area contributed by atoms with Gasteiger partial charge in [0.05, 0.1) is 0 Å². The quantitative estimate of drug-likeness (QED) is 0.0754. The van der Waals surface area contributed by atoms with Gasteiger partial charge in [0.25, 0.3) is 0 Å². The number of fused-ring (bicyclic) bond motifs is 2. The van der Waals surface area contributed by atoms with Gasteiger partial charge in [0, 0.05) is 53.7 Å². The number of ketones is 1.